The molecule has 1 saturated heterocycles. The summed E-state index contributed by atoms with van der Waals surface area (Å²) in [4.78, 5) is 18.7. The number of ether oxygens (including phenoxy) is 2. The van der Waals surface area contributed by atoms with Crippen molar-refractivity contribution in [2.24, 2.45) is 0 Å². The molecule has 0 saturated carbocycles. The molecule has 40 heavy (non-hydrogen) atoms. The maximum atomic E-state index is 14.4. The SMILES string of the molecule is COc1cc2c(cc1-c1ccc(=N)[nH]c1)-c1c(c(C(=O)N3CCOCC3(C)C)nn1-c1cc(F)cc(F)c1)CC2. The van der Waals surface area contributed by atoms with Crippen molar-refractivity contribution in [3.05, 3.63) is 82.6 Å². The van der Waals surface area contributed by atoms with Gasteiger partial charge in [-0.3, -0.25) is 10.2 Å². The van der Waals surface area contributed by atoms with Gasteiger partial charge < -0.3 is 19.4 Å². The van der Waals surface area contributed by atoms with Gasteiger partial charge in [-0.15, -0.1) is 0 Å². The Labute approximate surface area is 229 Å². The lowest BCUT2D eigenvalue weighted by Gasteiger charge is -2.41. The second kappa shape index (κ2) is 9.71. The van der Waals surface area contributed by atoms with Gasteiger partial charge in [-0.05, 0) is 68.7 Å². The summed E-state index contributed by atoms with van der Waals surface area (Å²) in [6, 6.07) is 10.6. The van der Waals surface area contributed by atoms with E-state index in [1.165, 1.54) is 16.8 Å². The van der Waals surface area contributed by atoms with Gasteiger partial charge in [0.05, 0.1) is 37.2 Å². The zero-order valence-corrected chi connectivity index (χ0v) is 22.5. The molecule has 2 aromatic carbocycles. The standard InChI is InChI=1S/C30H29F2N5O3/c1-30(2)16-40-9-8-36(30)29(38)27-22-6-4-17-10-25(39-3)23(18-5-7-26(33)34-15-18)14-24(17)28(22)37(35-27)21-12-19(31)11-20(32)13-21/h5,7,10-15H,4,6,8-9,16H2,1-3H3,(H2,33,34). The van der Waals surface area contributed by atoms with Crippen molar-refractivity contribution in [3.63, 3.8) is 0 Å². The van der Waals surface area contributed by atoms with Crippen molar-refractivity contribution in [2.45, 2.75) is 32.2 Å². The number of benzene rings is 2. The normalized spacial score (nSPS) is 15.9. The second-order valence-electron chi connectivity index (χ2n) is 10.7. The van der Waals surface area contributed by atoms with E-state index in [1.54, 1.807) is 24.3 Å². The van der Waals surface area contributed by atoms with Gasteiger partial charge >= 0.3 is 0 Å². The van der Waals surface area contributed by atoms with Crippen molar-refractivity contribution in [1.82, 2.24) is 19.7 Å². The van der Waals surface area contributed by atoms with Crippen LogP contribution in [-0.4, -0.2) is 58.0 Å². The maximum absolute atomic E-state index is 14.4. The van der Waals surface area contributed by atoms with Crippen LogP contribution in [0.2, 0.25) is 0 Å². The molecular formula is C30H29F2N5O3. The molecular weight excluding hydrogens is 516 g/mol. The minimum atomic E-state index is -0.737. The molecule has 1 amide bonds. The molecule has 2 aliphatic rings. The summed E-state index contributed by atoms with van der Waals surface area (Å²) in [6.45, 7) is 5.14. The van der Waals surface area contributed by atoms with Crippen LogP contribution in [0.3, 0.4) is 0 Å². The van der Waals surface area contributed by atoms with Crippen molar-refractivity contribution in [1.29, 1.82) is 5.41 Å². The number of halogens is 2. The molecule has 1 aliphatic heterocycles. The fourth-order valence-corrected chi connectivity index (χ4v) is 5.64. The lowest BCUT2D eigenvalue weighted by molar-refractivity contribution is -0.0373. The van der Waals surface area contributed by atoms with Crippen molar-refractivity contribution < 1.29 is 23.0 Å². The van der Waals surface area contributed by atoms with E-state index in [-0.39, 0.29) is 22.8 Å². The number of fused-ring (bicyclic) bond motifs is 3. The quantitative estimate of drug-likeness (QED) is 0.390. The highest BCUT2D eigenvalue weighted by molar-refractivity contribution is 5.97. The number of nitrogens with zero attached hydrogens (tertiary/aromatic N) is 3. The average Bonchev–Trinajstić information content (AvgIpc) is 3.32. The number of hydrogen-bond acceptors (Lipinski definition) is 5. The third-order valence-corrected chi connectivity index (χ3v) is 7.62. The zero-order valence-electron chi connectivity index (χ0n) is 22.5. The van der Waals surface area contributed by atoms with Crippen molar-refractivity contribution >= 4 is 5.91 Å². The smallest absolute Gasteiger partial charge is 0.275 e. The predicted molar refractivity (Wildman–Crippen MR) is 144 cm³/mol. The fourth-order valence-electron chi connectivity index (χ4n) is 5.64. The number of hydrogen-bond donors (Lipinski definition) is 2. The first-order valence-electron chi connectivity index (χ1n) is 13.1. The molecule has 0 unspecified atom stereocenters. The molecule has 0 spiro atoms. The van der Waals surface area contributed by atoms with Gasteiger partial charge in [-0.1, -0.05) is 0 Å². The zero-order chi connectivity index (χ0) is 28.2. The molecule has 0 atom stereocenters. The van der Waals surface area contributed by atoms with E-state index in [1.807, 2.05) is 32.0 Å². The summed E-state index contributed by atoms with van der Waals surface area (Å²) >= 11 is 0. The summed E-state index contributed by atoms with van der Waals surface area (Å²) in [6.07, 6.45) is 2.88. The van der Waals surface area contributed by atoms with Gasteiger partial charge in [-0.2, -0.15) is 5.10 Å². The largest absolute Gasteiger partial charge is 0.496 e. The van der Waals surface area contributed by atoms with Crippen LogP contribution >= 0.6 is 0 Å². The molecule has 2 N–H and O–H groups in total. The number of pyridine rings is 1. The number of rotatable bonds is 4. The molecule has 6 rings (SSSR count). The average molecular weight is 546 g/mol. The van der Waals surface area contributed by atoms with E-state index in [0.29, 0.717) is 44.0 Å². The van der Waals surface area contributed by atoms with Crippen LogP contribution in [0.1, 0.15) is 35.5 Å². The molecule has 2 aromatic heterocycles. The molecule has 206 valence electrons. The van der Waals surface area contributed by atoms with Gasteiger partial charge in [0.25, 0.3) is 5.91 Å². The number of nitrogens with one attached hydrogen (secondary N) is 2. The first-order chi connectivity index (χ1) is 19.2. The van der Waals surface area contributed by atoms with E-state index >= 15 is 0 Å². The topological polar surface area (TPSA) is 96.2 Å². The van der Waals surface area contributed by atoms with Crippen LogP contribution in [0.15, 0.2) is 48.7 Å². The van der Waals surface area contributed by atoms with Crippen LogP contribution < -0.4 is 10.2 Å². The summed E-state index contributed by atoms with van der Waals surface area (Å²) in [7, 11) is 1.60. The minimum absolute atomic E-state index is 0.186. The van der Waals surface area contributed by atoms with Gasteiger partial charge in [0.1, 0.15) is 22.9 Å². The molecule has 8 nitrogen and oxygen atoms in total. The highest BCUT2D eigenvalue weighted by atomic mass is 19.1. The van der Waals surface area contributed by atoms with E-state index < -0.39 is 17.2 Å². The van der Waals surface area contributed by atoms with E-state index in [4.69, 9.17) is 20.0 Å². The Hall–Kier alpha value is -4.31. The Morgan fingerprint density at radius 3 is 2.55 bits per heavy atom. The summed E-state index contributed by atoms with van der Waals surface area (Å²) in [5.74, 6) is -1.06. The lowest BCUT2D eigenvalue weighted by atomic mass is 9.86. The highest BCUT2D eigenvalue weighted by Gasteiger charge is 2.39. The number of carbonyl (C=O) groups is 1. The Kier molecular flexibility index (Phi) is 6.29. The predicted octanol–water partition coefficient (Wildman–Crippen LogP) is 4.65. The van der Waals surface area contributed by atoms with Crippen LogP contribution in [0.5, 0.6) is 5.75 Å². The van der Waals surface area contributed by atoms with Gasteiger partial charge in [0.15, 0.2) is 5.69 Å². The first kappa shape index (κ1) is 25.9. The number of amides is 1. The number of aryl methyl sites for hydroxylation is 1. The van der Waals surface area contributed by atoms with Crippen LogP contribution in [0.4, 0.5) is 8.78 Å². The minimum Gasteiger partial charge on any atom is -0.496 e. The van der Waals surface area contributed by atoms with Gasteiger partial charge in [-0.25, -0.2) is 13.5 Å². The molecule has 3 heterocycles. The van der Waals surface area contributed by atoms with Crippen LogP contribution in [0.25, 0.3) is 28.1 Å². The van der Waals surface area contributed by atoms with Crippen molar-refractivity contribution in [2.75, 3.05) is 26.9 Å². The number of aromatic amines is 1. The Bertz CT molecular complexity index is 1670. The monoisotopic (exact) mass is 545 g/mol. The summed E-state index contributed by atoms with van der Waals surface area (Å²) in [5, 5.41) is 12.5. The second-order valence-corrected chi connectivity index (χ2v) is 10.7. The van der Waals surface area contributed by atoms with Crippen molar-refractivity contribution in [3.8, 4) is 33.8 Å². The third-order valence-electron chi connectivity index (χ3n) is 7.62. The number of methoxy groups -OCH3 is 1. The molecule has 0 radical (unpaired) electrons. The first-order valence-corrected chi connectivity index (χ1v) is 13.1. The molecule has 10 heteroatoms. The molecule has 4 aromatic rings. The molecule has 1 aliphatic carbocycles. The van der Waals surface area contributed by atoms with Gasteiger partial charge in [0, 0.05) is 41.1 Å². The highest BCUT2D eigenvalue weighted by Crippen LogP contribution is 2.43. The summed E-state index contributed by atoms with van der Waals surface area (Å²) < 4.78 is 41.6. The van der Waals surface area contributed by atoms with Gasteiger partial charge in [0.2, 0.25) is 0 Å². The maximum Gasteiger partial charge on any atom is 0.275 e. The number of aromatic nitrogens is 3. The molecule has 1 fully saturated rings. The van der Waals surface area contributed by atoms with E-state index in [2.05, 4.69) is 4.98 Å². The Morgan fingerprint density at radius 1 is 1.10 bits per heavy atom. The molecule has 0 bridgehead atoms. The fraction of sp³-hybridized carbons (Fsp3) is 0.300. The van der Waals surface area contributed by atoms with Crippen LogP contribution in [0, 0.1) is 17.0 Å². The van der Waals surface area contributed by atoms with E-state index in [9.17, 15) is 13.6 Å². The summed E-state index contributed by atoms with van der Waals surface area (Å²) in [5.41, 5.74) is 4.87. The van der Waals surface area contributed by atoms with E-state index in [0.717, 1.165) is 33.9 Å². The van der Waals surface area contributed by atoms with Crippen LogP contribution in [-0.2, 0) is 17.6 Å². The number of carbonyl (C=O) groups excluding carboxylic acids is 1. The lowest BCUT2D eigenvalue weighted by Crippen LogP contribution is -2.55. The number of morpholine rings is 1. The number of H-pyrrole nitrogens is 1. The Morgan fingerprint density at radius 2 is 1.88 bits per heavy atom. The Balaban J connectivity index is 1.59. The third kappa shape index (κ3) is 4.38.